The van der Waals surface area contributed by atoms with Crippen LogP contribution in [-0.2, 0) is 0 Å². The molecule has 0 unspecified atom stereocenters. The number of hydrogen-bond donors (Lipinski definition) is 1. The van der Waals surface area contributed by atoms with E-state index in [1.807, 2.05) is 6.07 Å². The van der Waals surface area contributed by atoms with Gasteiger partial charge in [-0.2, -0.15) is 0 Å². The maximum absolute atomic E-state index is 10.7. The molecule has 1 N–H and O–H groups in total. The summed E-state index contributed by atoms with van der Waals surface area (Å²) in [7, 11) is 0. The molecule has 0 aliphatic heterocycles. The largest absolute Gasteiger partial charge is 0.478 e. The Labute approximate surface area is 99.7 Å². The molecular weight excluding hydrogens is 403 g/mol. The van der Waals surface area contributed by atoms with Crippen molar-refractivity contribution in [3.05, 3.63) is 30.2 Å². The molecule has 0 heterocycles. The lowest BCUT2D eigenvalue weighted by atomic mass is 10.2. The van der Waals surface area contributed by atoms with E-state index in [1.165, 1.54) is 0 Å². The highest BCUT2D eigenvalue weighted by molar-refractivity contribution is 14.1. The molecule has 0 amide bonds. The van der Waals surface area contributed by atoms with Crippen LogP contribution < -0.4 is 0 Å². The maximum Gasteiger partial charge on any atom is 0.336 e. The number of carboxylic acids is 1. The summed E-state index contributed by atoms with van der Waals surface area (Å²) in [5.74, 6) is -0.930. The van der Waals surface area contributed by atoms with Gasteiger partial charge < -0.3 is 5.11 Å². The number of benzene rings is 1. The second-order valence-electron chi connectivity index (χ2n) is 2.05. The van der Waals surface area contributed by atoms with Crippen LogP contribution >= 0.6 is 54.5 Å². The van der Waals surface area contributed by atoms with Gasteiger partial charge in [-0.15, -0.1) is 0 Å². The molecule has 64 valence electrons. The average Bonchev–Trinajstić information content (AvgIpc) is 1.96. The Morgan fingerprint density at radius 3 is 2.50 bits per heavy atom. The van der Waals surface area contributed by atoms with Gasteiger partial charge in [-0.05, 0) is 66.6 Å². The average molecular weight is 406 g/mol. The summed E-state index contributed by atoms with van der Waals surface area (Å²) >= 11 is 8.50. The molecule has 2 nitrogen and oxygen atoms in total. The molecule has 0 atom stereocenters. The van der Waals surface area contributed by atoms with Crippen molar-refractivity contribution in [3.63, 3.8) is 0 Å². The molecule has 1 rings (SSSR count). The van der Waals surface area contributed by atoms with Crippen molar-refractivity contribution in [1.29, 1.82) is 0 Å². The minimum absolute atomic E-state index is 0.272. The number of aromatic carboxylic acids is 1. The van der Waals surface area contributed by atoms with Gasteiger partial charge in [-0.1, -0.05) is 0 Å². The lowest BCUT2D eigenvalue weighted by molar-refractivity contribution is 0.0695. The molecule has 0 aromatic heterocycles. The zero-order valence-corrected chi connectivity index (χ0v) is 11.0. The normalized spacial score (nSPS) is 9.92. The summed E-state index contributed by atoms with van der Waals surface area (Å²) in [6.45, 7) is 0. The number of rotatable bonds is 1. The summed E-state index contributed by atoms with van der Waals surface area (Å²) < 4.78 is 2.22. The molecule has 0 saturated heterocycles. The van der Waals surface area contributed by atoms with Gasteiger partial charge in [0.05, 0.1) is 5.56 Å². The Balaban J connectivity index is 3.37. The summed E-state index contributed by atoms with van der Waals surface area (Å²) in [5, 5.41) is 8.76. The molecule has 0 aliphatic carbocycles. The van der Waals surface area contributed by atoms with E-state index >= 15 is 0 Å². The van der Waals surface area contributed by atoms with Crippen molar-refractivity contribution >= 4 is 60.4 Å². The zero-order chi connectivity index (χ0) is 9.30. The first-order chi connectivity index (χ1) is 5.52. The van der Waals surface area contributed by atoms with Crippen LogP contribution in [0.15, 0.2) is 21.1 Å². The van der Waals surface area contributed by atoms with Crippen LogP contribution in [0.5, 0.6) is 0 Å². The first-order valence-corrected chi connectivity index (χ1v) is 5.56. The van der Waals surface area contributed by atoms with Crippen LogP contribution in [-0.4, -0.2) is 11.1 Å². The van der Waals surface area contributed by atoms with Gasteiger partial charge in [0, 0.05) is 12.5 Å². The van der Waals surface area contributed by atoms with Gasteiger partial charge in [0.25, 0.3) is 0 Å². The van der Waals surface area contributed by atoms with Gasteiger partial charge in [0.15, 0.2) is 0 Å². The zero-order valence-electron chi connectivity index (χ0n) is 5.64. The molecule has 12 heavy (non-hydrogen) atoms. The number of carboxylic acid groups (broad SMARTS) is 1. The highest BCUT2D eigenvalue weighted by Gasteiger charge is 2.11. The monoisotopic (exact) mass is 404 g/mol. The van der Waals surface area contributed by atoms with Crippen LogP contribution in [0.25, 0.3) is 0 Å². The van der Waals surface area contributed by atoms with Crippen LogP contribution in [0, 0.1) is 3.57 Å². The van der Waals surface area contributed by atoms with Gasteiger partial charge in [-0.3, -0.25) is 0 Å². The number of hydrogen-bond acceptors (Lipinski definition) is 1. The Bertz CT molecular complexity index is 338. The third-order valence-corrected chi connectivity index (χ3v) is 3.86. The molecule has 0 fully saturated rings. The molecule has 1 aromatic carbocycles. The van der Waals surface area contributed by atoms with Crippen LogP contribution in [0.2, 0.25) is 0 Å². The van der Waals surface area contributed by atoms with Crippen LogP contribution in [0.4, 0.5) is 0 Å². The standard InChI is InChI=1S/C7H3Br2IO2/c8-5-2-3(10)1-4(6(5)9)7(11)12/h1-2H,(H,11,12). The van der Waals surface area contributed by atoms with Crippen molar-refractivity contribution in [1.82, 2.24) is 0 Å². The summed E-state index contributed by atoms with van der Waals surface area (Å²) in [6, 6.07) is 3.45. The van der Waals surface area contributed by atoms with Crippen molar-refractivity contribution < 1.29 is 9.90 Å². The summed E-state index contributed by atoms with van der Waals surface area (Å²) in [6.07, 6.45) is 0. The molecule has 0 bridgehead atoms. The molecule has 1 aromatic rings. The van der Waals surface area contributed by atoms with E-state index in [0.29, 0.717) is 4.47 Å². The minimum atomic E-state index is -0.930. The third-order valence-electron chi connectivity index (χ3n) is 1.22. The quantitative estimate of drug-likeness (QED) is 0.573. The third kappa shape index (κ3) is 2.20. The first kappa shape index (κ1) is 10.5. The SMILES string of the molecule is O=C(O)c1cc(I)cc(Br)c1Br. The Morgan fingerprint density at radius 2 is 2.00 bits per heavy atom. The number of carbonyl (C=O) groups is 1. The fourth-order valence-corrected chi connectivity index (χ4v) is 2.62. The second-order valence-corrected chi connectivity index (χ2v) is 4.95. The molecule has 0 radical (unpaired) electrons. The second kappa shape index (κ2) is 4.06. The summed E-state index contributed by atoms with van der Waals surface area (Å²) in [5.41, 5.74) is 0.272. The highest BCUT2D eigenvalue weighted by Crippen LogP contribution is 2.28. The van der Waals surface area contributed by atoms with Crippen molar-refractivity contribution in [2.45, 2.75) is 0 Å². The topological polar surface area (TPSA) is 37.3 Å². The molecule has 0 saturated carbocycles. The van der Waals surface area contributed by atoms with Crippen LogP contribution in [0.1, 0.15) is 10.4 Å². The minimum Gasteiger partial charge on any atom is -0.478 e. The summed E-state index contributed by atoms with van der Waals surface area (Å²) in [4.78, 5) is 10.7. The van der Waals surface area contributed by atoms with Crippen LogP contribution in [0.3, 0.4) is 0 Å². The van der Waals surface area contributed by atoms with Gasteiger partial charge in [-0.25, -0.2) is 4.79 Å². The highest BCUT2D eigenvalue weighted by atomic mass is 127. The van der Waals surface area contributed by atoms with E-state index in [0.717, 1.165) is 8.04 Å². The predicted molar refractivity (Wildman–Crippen MR) is 61.5 cm³/mol. The Hall–Kier alpha value is 0.380. The molecule has 0 aliphatic rings. The van der Waals surface area contributed by atoms with E-state index in [4.69, 9.17) is 5.11 Å². The van der Waals surface area contributed by atoms with Crippen molar-refractivity contribution in [2.24, 2.45) is 0 Å². The predicted octanol–water partition coefficient (Wildman–Crippen LogP) is 3.51. The van der Waals surface area contributed by atoms with E-state index in [9.17, 15) is 4.79 Å². The van der Waals surface area contributed by atoms with E-state index in [2.05, 4.69) is 54.5 Å². The lowest BCUT2D eigenvalue weighted by Gasteiger charge is -2.01. The van der Waals surface area contributed by atoms with Gasteiger partial charge in [0.2, 0.25) is 0 Å². The Morgan fingerprint density at radius 1 is 1.42 bits per heavy atom. The smallest absolute Gasteiger partial charge is 0.336 e. The fraction of sp³-hybridized carbons (Fsp3) is 0. The Kier molecular flexibility index (Phi) is 3.54. The molecule has 5 heteroatoms. The van der Waals surface area contributed by atoms with Gasteiger partial charge in [0.1, 0.15) is 0 Å². The van der Waals surface area contributed by atoms with Crippen molar-refractivity contribution in [3.8, 4) is 0 Å². The molecular formula is C7H3Br2IO2. The van der Waals surface area contributed by atoms with Gasteiger partial charge >= 0.3 is 5.97 Å². The lowest BCUT2D eigenvalue weighted by Crippen LogP contribution is -1.98. The number of halogens is 3. The van der Waals surface area contributed by atoms with E-state index < -0.39 is 5.97 Å². The van der Waals surface area contributed by atoms with E-state index in [1.54, 1.807) is 6.07 Å². The fourth-order valence-electron chi connectivity index (χ4n) is 0.712. The van der Waals surface area contributed by atoms with Crippen molar-refractivity contribution in [2.75, 3.05) is 0 Å². The van der Waals surface area contributed by atoms with E-state index in [-0.39, 0.29) is 5.56 Å². The first-order valence-electron chi connectivity index (χ1n) is 2.90. The molecule has 0 spiro atoms. The maximum atomic E-state index is 10.7.